The summed E-state index contributed by atoms with van der Waals surface area (Å²) in [6.07, 6.45) is 9.49. The zero-order valence-corrected chi connectivity index (χ0v) is 19.7. The number of likely N-dealkylation sites (tertiary alicyclic amines) is 1. The van der Waals surface area contributed by atoms with Crippen molar-refractivity contribution >= 4 is 26.8 Å². The van der Waals surface area contributed by atoms with Crippen LogP contribution < -0.4 is 5.43 Å². The number of nitrogens with zero attached hydrogens (tertiary/aromatic N) is 3. The summed E-state index contributed by atoms with van der Waals surface area (Å²) in [5.41, 5.74) is 0.400. The van der Waals surface area contributed by atoms with Crippen molar-refractivity contribution in [2.45, 2.75) is 69.7 Å². The van der Waals surface area contributed by atoms with Crippen LogP contribution >= 0.6 is 0 Å². The molecule has 0 N–H and O–H groups in total. The van der Waals surface area contributed by atoms with Crippen LogP contribution in [-0.4, -0.2) is 54.3 Å². The summed E-state index contributed by atoms with van der Waals surface area (Å²) < 4.78 is 30.0. The van der Waals surface area contributed by atoms with Crippen molar-refractivity contribution in [3.05, 3.63) is 40.2 Å². The minimum atomic E-state index is -3.68. The van der Waals surface area contributed by atoms with Crippen molar-refractivity contribution in [3.63, 3.8) is 0 Å². The average Bonchev–Trinajstić information content (AvgIpc) is 3.25. The Kier molecular flexibility index (Phi) is 7.00. The molecule has 8 heteroatoms. The summed E-state index contributed by atoms with van der Waals surface area (Å²) >= 11 is 0. The van der Waals surface area contributed by atoms with Crippen LogP contribution in [0.5, 0.6) is 0 Å². The van der Waals surface area contributed by atoms with E-state index in [9.17, 15) is 18.0 Å². The van der Waals surface area contributed by atoms with E-state index in [-0.39, 0.29) is 21.8 Å². The molecule has 1 aromatic carbocycles. The summed E-state index contributed by atoms with van der Waals surface area (Å²) in [5.74, 6) is -0.248. The van der Waals surface area contributed by atoms with Gasteiger partial charge >= 0.3 is 0 Å². The second-order valence-corrected chi connectivity index (χ2v) is 10.8. The number of fused-ring (bicyclic) bond motifs is 1. The van der Waals surface area contributed by atoms with Gasteiger partial charge in [0.25, 0.3) is 5.91 Å². The molecule has 0 bridgehead atoms. The van der Waals surface area contributed by atoms with Crippen LogP contribution in [0.15, 0.2) is 34.1 Å². The first-order valence-electron chi connectivity index (χ1n) is 11.9. The topological polar surface area (TPSA) is 79.7 Å². The first-order chi connectivity index (χ1) is 15.4. The van der Waals surface area contributed by atoms with Crippen molar-refractivity contribution in [1.29, 1.82) is 0 Å². The predicted octanol–water partition coefficient (Wildman–Crippen LogP) is 3.60. The Morgan fingerprint density at radius 2 is 1.50 bits per heavy atom. The van der Waals surface area contributed by atoms with Gasteiger partial charge in [0.15, 0.2) is 0 Å². The van der Waals surface area contributed by atoms with Gasteiger partial charge in [0.2, 0.25) is 15.5 Å². The van der Waals surface area contributed by atoms with Crippen LogP contribution in [0.25, 0.3) is 10.9 Å². The van der Waals surface area contributed by atoms with E-state index in [1.54, 1.807) is 23.2 Å². The first-order valence-corrected chi connectivity index (χ1v) is 13.3. The highest BCUT2D eigenvalue weighted by molar-refractivity contribution is 7.89. The number of sulfonamides is 1. The Morgan fingerprint density at radius 1 is 0.906 bits per heavy atom. The van der Waals surface area contributed by atoms with Gasteiger partial charge in [-0.3, -0.25) is 9.59 Å². The van der Waals surface area contributed by atoms with Crippen molar-refractivity contribution in [1.82, 2.24) is 13.8 Å². The van der Waals surface area contributed by atoms with E-state index in [0.29, 0.717) is 43.6 Å². The molecule has 0 spiro atoms. The van der Waals surface area contributed by atoms with E-state index in [1.165, 1.54) is 10.4 Å². The Bertz CT molecular complexity index is 1140. The smallest absolute Gasteiger partial charge is 0.259 e. The lowest BCUT2D eigenvalue weighted by molar-refractivity contribution is 0.0759. The van der Waals surface area contributed by atoms with Gasteiger partial charge in [0.1, 0.15) is 5.56 Å². The molecule has 0 saturated carbocycles. The molecule has 174 valence electrons. The summed E-state index contributed by atoms with van der Waals surface area (Å²) in [5, 5.41) is 0.295. The largest absolute Gasteiger partial charge is 0.347 e. The van der Waals surface area contributed by atoms with Crippen LogP contribution in [0.1, 0.15) is 68.6 Å². The number of rotatable bonds is 4. The third kappa shape index (κ3) is 4.48. The third-order valence-corrected chi connectivity index (χ3v) is 8.61. The van der Waals surface area contributed by atoms with Gasteiger partial charge in [-0.2, -0.15) is 4.31 Å². The number of pyridine rings is 1. The van der Waals surface area contributed by atoms with Crippen molar-refractivity contribution in [2.75, 3.05) is 26.2 Å². The van der Waals surface area contributed by atoms with E-state index in [4.69, 9.17) is 0 Å². The van der Waals surface area contributed by atoms with Crippen molar-refractivity contribution in [2.24, 2.45) is 0 Å². The van der Waals surface area contributed by atoms with Crippen molar-refractivity contribution in [3.8, 4) is 0 Å². The molecule has 2 fully saturated rings. The molecule has 4 rings (SSSR count). The van der Waals surface area contributed by atoms with Crippen LogP contribution in [0, 0.1) is 0 Å². The van der Waals surface area contributed by atoms with Gasteiger partial charge in [-0.15, -0.1) is 0 Å². The van der Waals surface area contributed by atoms with E-state index in [2.05, 4.69) is 0 Å². The fourth-order valence-corrected chi connectivity index (χ4v) is 6.37. The highest BCUT2D eigenvalue weighted by Crippen LogP contribution is 2.24. The molecule has 2 aliphatic rings. The van der Waals surface area contributed by atoms with Gasteiger partial charge in [0, 0.05) is 44.3 Å². The fourth-order valence-electron chi connectivity index (χ4n) is 4.83. The molecule has 3 heterocycles. The number of carbonyl (C=O) groups is 1. The van der Waals surface area contributed by atoms with Crippen molar-refractivity contribution < 1.29 is 13.2 Å². The average molecular weight is 460 g/mol. The molecule has 2 aromatic rings. The third-order valence-electron chi connectivity index (χ3n) is 6.72. The van der Waals surface area contributed by atoms with Gasteiger partial charge in [-0.25, -0.2) is 8.42 Å². The van der Waals surface area contributed by atoms with Gasteiger partial charge in [0.05, 0.1) is 10.4 Å². The highest BCUT2D eigenvalue weighted by Gasteiger charge is 2.27. The van der Waals surface area contributed by atoms with E-state index in [1.807, 2.05) is 11.5 Å². The quantitative estimate of drug-likeness (QED) is 0.700. The summed E-state index contributed by atoms with van der Waals surface area (Å²) in [6, 6.07) is 4.76. The monoisotopic (exact) mass is 459 g/mol. The van der Waals surface area contributed by atoms with Gasteiger partial charge < -0.3 is 9.47 Å². The normalized spacial score (nSPS) is 19.0. The molecule has 2 saturated heterocycles. The Morgan fingerprint density at radius 3 is 2.09 bits per heavy atom. The molecule has 0 radical (unpaired) electrons. The molecule has 1 amide bonds. The maximum absolute atomic E-state index is 13.4. The number of benzene rings is 1. The summed E-state index contributed by atoms with van der Waals surface area (Å²) in [6.45, 7) is 4.86. The Labute approximate surface area is 190 Å². The number of aryl methyl sites for hydroxylation is 1. The van der Waals surface area contributed by atoms with E-state index >= 15 is 0 Å². The van der Waals surface area contributed by atoms with Crippen LogP contribution in [0.4, 0.5) is 0 Å². The van der Waals surface area contributed by atoms with Gasteiger partial charge in [-0.05, 0) is 50.8 Å². The maximum atomic E-state index is 13.4. The number of hydrogen-bond acceptors (Lipinski definition) is 4. The minimum absolute atomic E-state index is 0.130. The fraction of sp³-hybridized carbons (Fsp3) is 0.583. The molecular formula is C24H33N3O4S. The number of hydrogen-bond donors (Lipinski definition) is 0. The Hall–Kier alpha value is -2.19. The van der Waals surface area contributed by atoms with Crippen LogP contribution in [0.2, 0.25) is 0 Å². The van der Waals surface area contributed by atoms with Gasteiger partial charge in [-0.1, -0.05) is 25.7 Å². The number of aromatic nitrogens is 1. The second kappa shape index (κ2) is 9.75. The standard InChI is InChI=1S/C24H33N3O4S/c1-2-25-18-21(24(29)26-13-7-3-4-8-14-26)23(28)20-17-19(11-12-22(20)25)32(30,31)27-15-9-5-6-10-16-27/h11-12,17-18H,2-10,13-16H2,1H3. The lowest BCUT2D eigenvalue weighted by atomic mass is 10.1. The Balaban J connectivity index is 1.78. The SMILES string of the molecule is CCn1cc(C(=O)N2CCCCCC2)c(=O)c2cc(S(=O)(=O)N3CCCCCC3)ccc21. The van der Waals surface area contributed by atoms with E-state index < -0.39 is 10.0 Å². The molecule has 1 aromatic heterocycles. The predicted molar refractivity (Wildman–Crippen MR) is 125 cm³/mol. The second-order valence-electron chi connectivity index (χ2n) is 8.86. The lowest BCUT2D eigenvalue weighted by Gasteiger charge is -2.22. The zero-order valence-electron chi connectivity index (χ0n) is 18.9. The lowest BCUT2D eigenvalue weighted by Crippen LogP contribution is -2.35. The molecule has 2 aliphatic heterocycles. The molecule has 0 unspecified atom stereocenters. The summed E-state index contributed by atoms with van der Waals surface area (Å²) in [4.78, 5) is 28.5. The highest BCUT2D eigenvalue weighted by atomic mass is 32.2. The molecule has 32 heavy (non-hydrogen) atoms. The molecular weight excluding hydrogens is 426 g/mol. The summed E-state index contributed by atoms with van der Waals surface area (Å²) in [7, 11) is -3.68. The number of carbonyl (C=O) groups excluding carboxylic acids is 1. The zero-order chi connectivity index (χ0) is 22.7. The molecule has 0 aliphatic carbocycles. The van der Waals surface area contributed by atoms with Crippen LogP contribution in [0.3, 0.4) is 0 Å². The minimum Gasteiger partial charge on any atom is -0.347 e. The van der Waals surface area contributed by atoms with E-state index in [0.717, 1.165) is 51.4 Å². The maximum Gasteiger partial charge on any atom is 0.259 e. The number of amides is 1. The molecule has 0 atom stereocenters. The van der Waals surface area contributed by atoms with Crippen LogP contribution in [-0.2, 0) is 16.6 Å². The molecule has 7 nitrogen and oxygen atoms in total. The first kappa shape index (κ1) is 23.0.